The van der Waals surface area contributed by atoms with Crippen LogP contribution in [0.2, 0.25) is 0 Å². The highest BCUT2D eigenvalue weighted by molar-refractivity contribution is 7.16. The molecule has 0 aliphatic carbocycles. The maximum Gasteiger partial charge on any atom is 0.262 e. The van der Waals surface area contributed by atoms with E-state index in [1.165, 1.54) is 28.3 Å². The lowest BCUT2D eigenvalue weighted by atomic mass is 10.1. The molecule has 0 radical (unpaired) electrons. The van der Waals surface area contributed by atoms with Gasteiger partial charge in [-0.3, -0.25) is 14.2 Å². The first-order valence-electron chi connectivity index (χ1n) is 6.99. The van der Waals surface area contributed by atoms with Gasteiger partial charge < -0.3 is 5.32 Å². The Hall–Kier alpha value is -2.54. The van der Waals surface area contributed by atoms with Crippen LogP contribution in [0, 0.1) is 12.7 Å². The van der Waals surface area contributed by atoms with Gasteiger partial charge in [0.05, 0.1) is 11.7 Å². The number of halogens is 1. The Labute approximate surface area is 135 Å². The van der Waals surface area contributed by atoms with Crippen molar-refractivity contribution in [1.29, 1.82) is 0 Å². The van der Waals surface area contributed by atoms with Crippen molar-refractivity contribution in [3.8, 4) is 0 Å². The first kappa shape index (κ1) is 15.4. The molecule has 0 aliphatic rings. The zero-order valence-electron chi connectivity index (χ0n) is 12.4. The number of hydrogen-bond acceptors (Lipinski definition) is 4. The summed E-state index contributed by atoms with van der Waals surface area (Å²) >= 11 is 1.38. The number of carbonyl (C=O) groups excluding carboxylic acids is 1. The fourth-order valence-corrected chi connectivity index (χ4v) is 2.89. The number of fused-ring (bicyclic) bond motifs is 1. The van der Waals surface area contributed by atoms with Crippen molar-refractivity contribution in [1.82, 2.24) is 14.9 Å². The molecule has 0 atom stereocenters. The summed E-state index contributed by atoms with van der Waals surface area (Å²) in [6, 6.07) is 6.50. The lowest BCUT2D eigenvalue weighted by Crippen LogP contribution is -2.32. The van der Waals surface area contributed by atoms with E-state index >= 15 is 0 Å². The normalized spacial score (nSPS) is 10.9. The summed E-state index contributed by atoms with van der Waals surface area (Å²) in [4.78, 5) is 29.0. The van der Waals surface area contributed by atoms with Gasteiger partial charge in [0.1, 0.15) is 17.2 Å². The number of aryl methyl sites for hydroxylation is 1. The van der Waals surface area contributed by atoms with Gasteiger partial charge >= 0.3 is 0 Å². The quantitative estimate of drug-likeness (QED) is 0.797. The van der Waals surface area contributed by atoms with Crippen molar-refractivity contribution in [3.63, 3.8) is 0 Å². The first-order valence-corrected chi connectivity index (χ1v) is 7.87. The van der Waals surface area contributed by atoms with Gasteiger partial charge in [0.25, 0.3) is 5.56 Å². The molecule has 3 aromatic rings. The summed E-state index contributed by atoms with van der Waals surface area (Å²) in [5, 5.41) is 4.97. The van der Waals surface area contributed by atoms with E-state index in [4.69, 9.17) is 0 Å². The Kier molecular flexibility index (Phi) is 4.20. The van der Waals surface area contributed by atoms with Gasteiger partial charge in [-0.05, 0) is 35.6 Å². The van der Waals surface area contributed by atoms with Crippen molar-refractivity contribution in [3.05, 3.63) is 63.3 Å². The molecule has 0 aliphatic heterocycles. The molecule has 2 heterocycles. The number of hydrogen-bond donors (Lipinski definition) is 1. The van der Waals surface area contributed by atoms with Crippen LogP contribution in [-0.2, 0) is 17.9 Å². The molecule has 5 nitrogen and oxygen atoms in total. The van der Waals surface area contributed by atoms with Crippen LogP contribution in [0.3, 0.4) is 0 Å². The molecule has 0 fully saturated rings. The summed E-state index contributed by atoms with van der Waals surface area (Å²) in [5.74, 6) is -0.635. The minimum atomic E-state index is -0.329. The standard InChI is InChI=1S/C16H14FN3O2S/c1-10-2-3-11(6-13(10)17)7-18-14(21)8-20-9-19-15-12(16(20)22)4-5-23-15/h2-6,9H,7-8H2,1H3,(H,18,21). The van der Waals surface area contributed by atoms with Crippen LogP contribution in [0.15, 0.2) is 40.8 Å². The van der Waals surface area contributed by atoms with Gasteiger partial charge in [-0.25, -0.2) is 9.37 Å². The Balaban J connectivity index is 1.67. The minimum Gasteiger partial charge on any atom is -0.350 e. The monoisotopic (exact) mass is 331 g/mol. The van der Waals surface area contributed by atoms with E-state index in [2.05, 4.69) is 10.3 Å². The highest BCUT2D eigenvalue weighted by Crippen LogP contribution is 2.13. The molecule has 0 spiro atoms. The second kappa shape index (κ2) is 6.29. The van der Waals surface area contributed by atoms with Crippen LogP contribution in [0.5, 0.6) is 0 Å². The van der Waals surface area contributed by atoms with Crippen molar-refractivity contribution in [2.24, 2.45) is 0 Å². The summed E-state index contributed by atoms with van der Waals surface area (Å²) in [6.07, 6.45) is 1.37. The van der Waals surface area contributed by atoms with E-state index in [-0.39, 0.29) is 30.4 Å². The highest BCUT2D eigenvalue weighted by Gasteiger charge is 2.09. The van der Waals surface area contributed by atoms with Crippen molar-refractivity contribution in [2.75, 3.05) is 0 Å². The van der Waals surface area contributed by atoms with E-state index in [0.717, 1.165) is 0 Å². The summed E-state index contributed by atoms with van der Waals surface area (Å²) in [7, 11) is 0. The zero-order chi connectivity index (χ0) is 16.4. The third-order valence-corrected chi connectivity index (χ3v) is 4.31. The fraction of sp³-hybridized carbons (Fsp3) is 0.188. The molecule has 118 valence electrons. The predicted molar refractivity (Wildman–Crippen MR) is 86.9 cm³/mol. The van der Waals surface area contributed by atoms with E-state index in [1.54, 1.807) is 30.5 Å². The number of carbonyl (C=O) groups is 1. The molecular formula is C16H14FN3O2S. The number of benzene rings is 1. The van der Waals surface area contributed by atoms with Crippen LogP contribution in [0.1, 0.15) is 11.1 Å². The zero-order valence-corrected chi connectivity index (χ0v) is 13.2. The van der Waals surface area contributed by atoms with Crippen molar-refractivity contribution in [2.45, 2.75) is 20.0 Å². The van der Waals surface area contributed by atoms with Crippen molar-refractivity contribution >= 4 is 27.5 Å². The fourth-order valence-electron chi connectivity index (χ4n) is 2.16. The third kappa shape index (κ3) is 3.29. The smallest absolute Gasteiger partial charge is 0.262 e. The third-order valence-electron chi connectivity index (χ3n) is 3.49. The second-order valence-electron chi connectivity index (χ2n) is 5.18. The highest BCUT2D eigenvalue weighted by atomic mass is 32.1. The topological polar surface area (TPSA) is 64.0 Å². The maximum atomic E-state index is 13.5. The molecule has 0 unspecified atom stereocenters. The van der Waals surface area contributed by atoms with Gasteiger partial charge in [-0.2, -0.15) is 0 Å². The number of nitrogens with zero attached hydrogens (tertiary/aromatic N) is 2. The molecule has 0 saturated carbocycles. The summed E-state index contributed by atoms with van der Waals surface area (Å²) in [6.45, 7) is 1.77. The Morgan fingerprint density at radius 3 is 3.00 bits per heavy atom. The predicted octanol–water partition coefficient (Wildman–Crippen LogP) is 2.22. The van der Waals surface area contributed by atoms with Gasteiger partial charge in [0, 0.05) is 6.54 Å². The number of nitrogens with one attached hydrogen (secondary N) is 1. The molecule has 0 saturated heterocycles. The number of thiophene rings is 1. The van der Waals surface area contributed by atoms with Gasteiger partial charge in [0.15, 0.2) is 0 Å². The average molecular weight is 331 g/mol. The molecule has 1 aromatic carbocycles. The largest absolute Gasteiger partial charge is 0.350 e. The molecule has 23 heavy (non-hydrogen) atoms. The van der Waals surface area contributed by atoms with E-state index < -0.39 is 0 Å². The van der Waals surface area contributed by atoms with Crippen LogP contribution in [0.4, 0.5) is 4.39 Å². The Morgan fingerprint density at radius 1 is 1.39 bits per heavy atom. The Bertz CT molecular complexity index is 932. The molecule has 3 rings (SSSR count). The molecule has 1 N–H and O–H groups in total. The van der Waals surface area contributed by atoms with E-state index in [1.807, 2.05) is 0 Å². The molecular weight excluding hydrogens is 317 g/mol. The SMILES string of the molecule is Cc1ccc(CNC(=O)Cn2cnc3sccc3c2=O)cc1F. The first-order chi connectivity index (χ1) is 11.0. The summed E-state index contributed by atoms with van der Waals surface area (Å²) < 4.78 is 14.7. The Morgan fingerprint density at radius 2 is 2.22 bits per heavy atom. The number of amides is 1. The van der Waals surface area contributed by atoms with Crippen molar-refractivity contribution < 1.29 is 9.18 Å². The molecule has 2 aromatic heterocycles. The van der Waals surface area contributed by atoms with E-state index in [0.29, 0.717) is 21.3 Å². The maximum absolute atomic E-state index is 13.5. The molecule has 0 bridgehead atoms. The molecule has 1 amide bonds. The van der Waals surface area contributed by atoms with Gasteiger partial charge in [-0.1, -0.05) is 12.1 Å². The average Bonchev–Trinajstić information content (AvgIpc) is 3.01. The molecule has 7 heteroatoms. The second-order valence-corrected chi connectivity index (χ2v) is 6.07. The van der Waals surface area contributed by atoms with Crippen LogP contribution < -0.4 is 10.9 Å². The van der Waals surface area contributed by atoms with E-state index in [9.17, 15) is 14.0 Å². The summed E-state index contributed by atoms with van der Waals surface area (Å²) in [5.41, 5.74) is 0.981. The number of rotatable bonds is 4. The lowest BCUT2D eigenvalue weighted by molar-refractivity contribution is -0.121. The van der Waals surface area contributed by atoms with Crippen LogP contribution in [0.25, 0.3) is 10.2 Å². The van der Waals surface area contributed by atoms with Gasteiger partial charge in [-0.15, -0.1) is 11.3 Å². The van der Waals surface area contributed by atoms with Crippen LogP contribution in [-0.4, -0.2) is 15.5 Å². The minimum absolute atomic E-state index is 0.119. The lowest BCUT2D eigenvalue weighted by Gasteiger charge is -2.08. The number of aromatic nitrogens is 2. The van der Waals surface area contributed by atoms with Gasteiger partial charge in [0.2, 0.25) is 5.91 Å². The van der Waals surface area contributed by atoms with Crippen LogP contribution >= 0.6 is 11.3 Å².